The minimum absolute atomic E-state index is 0.221. The van der Waals surface area contributed by atoms with E-state index in [1.54, 1.807) is 43.5 Å². The Morgan fingerprint density at radius 3 is 1.86 bits per heavy atom. The first-order chi connectivity index (χ1) is 13.5. The Labute approximate surface area is 164 Å². The van der Waals surface area contributed by atoms with Gasteiger partial charge in [-0.05, 0) is 73.5 Å². The Hall–Kier alpha value is -3.60. The number of carbonyl (C=O) groups is 2. The summed E-state index contributed by atoms with van der Waals surface area (Å²) >= 11 is 0. The predicted octanol–water partition coefficient (Wildman–Crippen LogP) is 4.82. The Morgan fingerprint density at radius 2 is 1.29 bits per heavy atom. The maximum atomic E-state index is 12.5. The van der Waals surface area contributed by atoms with E-state index in [0.717, 1.165) is 16.8 Å². The first-order valence-electron chi connectivity index (χ1n) is 8.90. The van der Waals surface area contributed by atoms with Crippen LogP contribution in [-0.2, 0) is 0 Å². The molecule has 0 saturated carbocycles. The van der Waals surface area contributed by atoms with E-state index in [2.05, 4.69) is 10.6 Å². The molecule has 0 aliphatic heterocycles. The van der Waals surface area contributed by atoms with Crippen molar-refractivity contribution >= 4 is 23.2 Å². The molecule has 0 unspecified atom stereocenters. The molecule has 0 spiro atoms. The highest BCUT2D eigenvalue weighted by Crippen LogP contribution is 2.23. The second-order valence-electron chi connectivity index (χ2n) is 6.56. The second-order valence-corrected chi connectivity index (χ2v) is 6.56. The quantitative estimate of drug-likeness (QED) is 0.673. The van der Waals surface area contributed by atoms with Gasteiger partial charge in [0.05, 0.1) is 12.8 Å². The van der Waals surface area contributed by atoms with Gasteiger partial charge in [0.25, 0.3) is 11.8 Å². The summed E-state index contributed by atoms with van der Waals surface area (Å²) in [5.74, 6) is 0.0905. The molecule has 142 valence electrons. The number of ether oxygens (including phenoxy) is 1. The van der Waals surface area contributed by atoms with Crippen LogP contribution in [0.3, 0.4) is 0 Å². The van der Waals surface area contributed by atoms with E-state index in [9.17, 15) is 9.59 Å². The minimum atomic E-state index is -0.272. The number of amides is 2. The largest absolute Gasteiger partial charge is 0.495 e. The number of rotatable bonds is 5. The zero-order chi connectivity index (χ0) is 20.1. The molecule has 0 radical (unpaired) electrons. The Morgan fingerprint density at radius 1 is 0.750 bits per heavy atom. The van der Waals surface area contributed by atoms with Crippen molar-refractivity contribution in [3.05, 3.63) is 89.0 Å². The highest BCUT2D eigenvalue weighted by atomic mass is 16.5. The molecule has 0 bridgehead atoms. The fraction of sp³-hybridized carbons (Fsp3) is 0.130. The molecule has 5 heteroatoms. The molecule has 0 aliphatic carbocycles. The molecule has 0 aliphatic rings. The monoisotopic (exact) mass is 374 g/mol. The lowest BCUT2D eigenvalue weighted by Crippen LogP contribution is -2.14. The SMILES string of the molecule is COc1ccccc1NC(=O)c1ccc(C(=O)Nc2cc(C)cc(C)c2)cc1. The van der Waals surface area contributed by atoms with Crippen molar-refractivity contribution in [2.45, 2.75) is 13.8 Å². The first-order valence-corrected chi connectivity index (χ1v) is 8.90. The van der Waals surface area contributed by atoms with Gasteiger partial charge in [-0.1, -0.05) is 18.2 Å². The molecule has 5 nitrogen and oxygen atoms in total. The van der Waals surface area contributed by atoms with Crippen molar-refractivity contribution in [1.29, 1.82) is 0 Å². The van der Waals surface area contributed by atoms with Crippen LogP contribution >= 0.6 is 0 Å². The molecule has 2 amide bonds. The van der Waals surface area contributed by atoms with Crippen LogP contribution in [0.15, 0.2) is 66.7 Å². The summed E-state index contributed by atoms with van der Waals surface area (Å²) in [6.07, 6.45) is 0. The van der Waals surface area contributed by atoms with Crippen LogP contribution in [0.5, 0.6) is 5.75 Å². The summed E-state index contributed by atoms with van der Waals surface area (Å²) < 4.78 is 5.24. The number of para-hydroxylation sites is 2. The molecule has 0 fully saturated rings. The van der Waals surface area contributed by atoms with Gasteiger partial charge in [-0.15, -0.1) is 0 Å². The predicted molar refractivity (Wildman–Crippen MR) is 111 cm³/mol. The van der Waals surface area contributed by atoms with E-state index < -0.39 is 0 Å². The van der Waals surface area contributed by atoms with Crippen LogP contribution in [-0.4, -0.2) is 18.9 Å². The third-order valence-corrected chi connectivity index (χ3v) is 4.24. The molecule has 0 aromatic heterocycles. The van der Waals surface area contributed by atoms with E-state index >= 15 is 0 Å². The fourth-order valence-electron chi connectivity index (χ4n) is 2.97. The van der Waals surface area contributed by atoms with E-state index in [0.29, 0.717) is 22.6 Å². The normalized spacial score (nSPS) is 10.2. The zero-order valence-electron chi connectivity index (χ0n) is 16.1. The summed E-state index contributed by atoms with van der Waals surface area (Å²) in [6.45, 7) is 3.97. The molecule has 3 rings (SSSR count). The lowest BCUT2D eigenvalue weighted by Gasteiger charge is -2.10. The number of benzene rings is 3. The Bertz CT molecular complexity index is 990. The molecule has 0 saturated heterocycles. The van der Waals surface area contributed by atoms with Gasteiger partial charge in [0.15, 0.2) is 0 Å². The number of nitrogens with one attached hydrogen (secondary N) is 2. The molecular weight excluding hydrogens is 352 g/mol. The summed E-state index contributed by atoms with van der Waals surface area (Å²) in [6, 6.07) is 19.6. The van der Waals surface area contributed by atoms with Gasteiger partial charge in [0.1, 0.15) is 5.75 Å². The number of anilines is 2. The van der Waals surface area contributed by atoms with Crippen LogP contribution in [0.1, 0.15) is 31.8 Å². The second kappa shape index (κ2) is 8.39. The van der Waals surface area contributed by atoms with Crippen molar-refractivity contribution in [1.82, 2.24) is 0 Å². The van der Waals surface area contributed by atoms with E-state index in [1.807, 2.05) is 44.2 Å². The number of aryl methyl sites for hydroxylation is 2. The first kappa shape index (κ1) is 19.2. The summed E-state index contributed by atoms with van der Waals surface area (Å²) in [4.78, 5) is 24.9. The highest BCUT2D eigenvalue weighted by Gasteiger charge is 2.11. The topological polar surface area (TPSA) is 67.4 Å². The molecule has 2 N–H and O–H groups in total. The molecule has 3 aromatic rings. The van der Waals surface area contributed by atoms with Crippen molar-refractivity contribution in [3.63, 3.8) is 0 Å². The zero-order valence-corrected chi connectivity index (χ0v) is 16.1. The maximum absolute atomic E-state index is 12.5. The van der Waals surface area contributed by atoms with Crippen molar-refractivity contribution in [3.8, 4) is 5.75 Å². The average molecular weight is 374 g/mol. The van der Waals surface area contributed by atoms with Gasteiger partial charge in [0.2, 0.25) is 0 Å². The van der Waals surface area contributed by atoms with Crippen molar-refractivity contribution in [2.75, 3.05) is 17.7 Å². The molecule has 28 heavy (non-hydrogen) atoms. The van der Waals surface area contributed by atoms with Crippen molar-refractivity contribution < 1.29 is 14.3 Å². The van der Waals surface area contributed by atoms with Crippen LogP contribution in [0.2, 0.25) is 0 Å². The minimum Gasteiger partial charge on any atom is -0.495 e. The standard InChI is InChI=1S/C23H22N2O3/c1-15-12-16(2)14-19(13-15)24-22(26)17-8-10-18(11-9-17)23(27)25-20-6-4-5-7-21(20)28-3/h4-14H,1-3H3,(H,24,26)(H,25,27). The summed E-state index contributed by atoms with van der Waals surface area (Å²) in [5.41, 5.74) is 4.44. The third kappa shape index (κ3) is 4.57. The van der Waals surface area contributed by atoms with E-state index in [4.69, 9.17) is 4.74 Å². The van der Waals surface area contributed by atoms with Gasteiger partial charge < -0.3 is 15.4 Å². The smallest absolute Gasteiger partial charge is 0.255 e. The molecular formula is C23H22N2O3. The summed E-state index contributed by atoms with van der Waals surface area (Å²) in [5, 5.41) is 5.70. The van der Waals surface area contributed by atoms with E-state index in [-0.39, 0.29) is 11.8 Å². The maximum Gasteiger partial charge on any atom is 0.255 e. The number of methoxy groups -OCH3 is 1. The average Bonchev–Trinajstić information content (AvgIpc) is 2.67. The molecule has 0 atom stereocenters. The van der Waals surface area contributed by atoms with Crippen LogP contribution in [0.4, 0.5) is 11.4 Å². The van der Waals surface area contributed by atoms with Gasteiger partial charge in [-0.3, -0.25) is 9.59 Å². The third-order valence-electron chi connectivity index (χ3n) is 4.24. The Balaban J connectivity index is 1.70. The number of hydrogen-bond donors (Lipinski definition) is 2. The van der Waals surface area contributed by atoms with Gasteiger partial charge in [0, 0.05) is 16.8 Å². The van der Waals surface area contributed by atoms with Crippen LogP contribution in [0.25, 0.3) is 0 Å². The highest BCUT2D eigenvalue weighted by molar-refractivity contribution is 6.07. The fourth-order valence-corrected chi connectivity index (χ4v) is 2.97. The van der Waals surface area contributed by atoms with Crippen LogP contribution in [0, 0.1) is 13.8 Å². The Kier molecular flexibility index (Phi) is 5.75. The lowest BCUT2D eigenvalue weighted by atomic mass is 10.1. The van der Waals surface area contributed by atoms with Gasteiger partial charge in [-0.25, -0.2) is 0 Å². The molecule has 0 heterocycles. The number of hydrogen-bond acceptors (Lipinski definition) is 3. The van der Waals surface area contributed by atoms with Crippen molar-refractivity contribution in [2.24, 2.45) is 0 Å². The van der Waals surface area contributed by atoms with Gasteiger partial charge >= 0.3 is 0 Å². The molecule has 3 aromatic carbocycles. The van der Waals surface area contributed by atoms with Gasteiger partial charge in [-0.2, -0.15) is 0 Å². The lowest BCUT2D eigenvalue weighted by molar-refractivity contribution is 0.101. The summed E-state index contributed by atoms with van der Waals surface area (Å²) in [7, 11) is 1.55. The van der Waals surface area contributed by atoms with E-state index in [1.165, 1.54) is 0 Å². The number of carbonyl (C=O) groups excluding carboxylic acids is 2. The van der Waals surface area contributed by atoms with Crippen LogP contribution < -0.4 is 15.4 Å².